The molecule has 20 heavy (non-hydrogen) atoms. The van der Waals surface area contributed by atoms with Crippen LogP contribution in [-0.2, 0) is 6.61 Å². The van der Waals surface area contributed by atoms with E-state index >= 15 is 0 Å². The Morgan fingerprint density at radius 3 is 2.35 bits per heavy atom. The molecule has 2 aromatic carbocycles. The van der Waals surface area contributed by atoms with E-state index in [0.717, 1.165) is 16.5 Å². The SMILES string of the molecule is OCc1c[nH]c2ccccc12.c1ccc2[nH]ccc2c1. The molecule has 4 aromatic rings. The van der Waals surface area contributed by atoms with Crippen LogP contribution in [0.1, 0.15) is 5.56 Å². The first kappa shape index (κ1) is 12.5. The maximum atomic E-state index is 8.90. The largest absolute Gasteiger partial charge is 0.392 e. The number of aromatic amines is 2. The van der Waals surface area contributed by atoms with E-state index in [-0.39, 0.29) is 6.61 Å². The van der Waals surface area contributed by atoms with Crippen molar-refractivity contribution in [2.75, 3.05) is 0 Å². The first-order chi connectivity index (χ1) is 9.88. The maximum absolute atomic E-state index is 8.90. The fraction of sp³-hybridized carbons (Fsp3) is 0.0588. The minimum atomic E-state index is 0.101. The van der Waals surface area contributed by atoms with Crippen LogP contribution in [-0.4, -0.2) is 15.1 Å². The normalized spacial score (nSPS) is 10.4. The van der Waals surface area contributed by atoms with E-state index in [1.807, 2.05) is 48.8 Å². The van der Waals surface area contributed by atoms with Crippen LogP contribution in [0.15, 0.2) is 67.0 Å². The number of nitrogens with one attached hydrogen (secondary N) is 2. The molecule has 0 saturated heterocycles. The minimum Gasteiger partial charge on any atom is -0.392 e. The van der Waals surface area contributed by atoms with E-state index < -0.39 is 0 Å². The Hall–Kier alpha value is -2.52. The molecule has 3 heteroatoms. The molecule has 0 aliphatic heterocycles. The van der Waals surface area contributed by atoms with Crippen LogP contribution in [0.25, 0.3) is 21.8 Å². The molecule has 0 unspecified atom stereocenters. The van der Waals surface area contributed by atoms with Gasteiger partial charge in [0.25, 0.3) is 0 Å². The van der Waals surface area contributed by atoms with Crippen molar-refractivity contribution in [1.82, 2.24) is 9.97 Å². The number of rotatable bonds is 1. The lowest BCUT2D eigenvalue weighted by molar-refractivity contribution is 0.283. The lowest BCUT2D eigenvalue weighted by Crippen LogP contribution is -1.76. The van der Waals surface area contributed by atoms with Gasteiger partial charge in [0.05, 0.1) is 6.61 Å². The summed E-state index contributed by atoms with van der Waals surface area (Å²) in [5.74, 6) is 0. The van der Waals surface area contributed by atoms with Crippen molar-refractivity contribution >= 4 is 21.8 Å². The third-order valence-electron chi connectivity index (χ3n) is 3.31. The summed E-state index contributed by atoms with van der Waals surface area (Å²) in [5, 5.41) is 11.3. The van der Waals surface area contributed by atoms with Crippen molar-refractivity contribution < 1.29 is 5.11 Å². The lowest BCUT2D eigenvalue weighted by atomic mass is 10.2. The van der Waals surface area contributed by atoms with Crippen molar-refractivity contribution in [3.05, 3.63) is 72.6 Å². The van der Waals surface area contributed by atoms with Crippen LogP contribution in [0, 0.1) is 0 Å². The molecule has 2 heterocycles. The van der Waals surface area contributed by atoms with Gasteiger partial charge in [-0.1, -0.05) is 36.4 Å². The van der Waals surface area contributed by atoms with Crippen LogP contribution < -0.4 is 0 Å². The Bertz CT molecular complexity index is 783. The van der Waals surface area contributed by atoms with Crippen molar-refractivity contribution in [3.8, 4) is 0 Å². The van der Waals surface area contributed by atoms with Crippen molar-refractivity contribution in [2.45, 2.75) is 6.61 Å². The quantitative estimate of drug-likeness (QED) is 0.481. The summed E-state index contributed by atoms with van der Waals surface area (Å²) in [6, 6.07) is 18.2. The Balaban J connectivity index is 0.000000123. The molecule has 0 bridgehead atoms. The van der Waals surface area contributed by atoms with E-state index in [2.05, 4.69) is 28.2 Å². The molecule has 3 N–H and O–H groups in total. The van der Waals surface area contributed by atoms with E-state index in [4.69, 9.17) is 5.11 Å². The molecule has 0 amide bonds. The predicted molar refractivity (Wildman–Crippen MR) is 82.5 cm³/mol. The average Bonchev–Trinajstić information content (AvgIpc) is 3.14. The number of hydrogen-bond acceptors (Lipinski definition) is 1. The van der Waals surface area contributed by atoms with E-state index in [1.165, 1.54) is 10.9 Å². The highest BCUT2D eigenvalue weighted by Crippen LogP contribution is 2.16. The Morgan fingerprint density at radius 2 is 1.55 bits per heavy atom. The molecule has 0 spiro atoms. The minimum absolute atomic E-state index is 0.101. The van der Waals surface area contributed by atoms with Crippen molar-refractivity contribution in [1.29, 1.82) is 0 Å². The lowest BCUT2D eigenvalue weighted by Gasteiger charge is -1.90. The molecule has 0 aliphatic carbocycles. The van der Waals surface area contributed by atoms with E-state index in [1.54, 1.807) is 0 Å². The van der Waals surface area contributed by atoms with Gasteiger partial charge in [0.2, 0.25) is 0 Å². The summed E-state index contributed by atoms with van der Waals surface area (Å²) in [4.78, 5) is 6.20. The van der Waals surface area contributed by atoms with E-state index in [9.17, 15) is 0 Å². The highest BCUT2D eigenvalue weighted by molar-refractivity contribution is 5.82. The standard InChI is InChI=1S/C9H9NO.C8H7N/c11-6-7-5-10-9-4-2-1-3-8(7)9;1-2-4-8-7(3-1)5-6-9-8/h1-5,10-11H,6H2;1-6,9H. The molecule has 4 rings (SSSR count). The van der Waals surface area contributed by atoms with Crippen molar-refractivity contribution in [2.24, 2.45) is 0 Å². The molecule has 0 radical (unpaired) electrons. The molecular formula is C17H16N2O. The van der Waals surface area contributed by atoms with Gasteiger partial charge in [-0.05, 0) is 23.6 Å². The summed E-state index contributed by atoms with van der Waals surface area (Å²) in [6.07, 6.45) is 3.79. The summed E-state index contributed by atoms with van der Waals surface area (Å²) < 4.78 is 0. The molecule has 0 atom stereocenters. The Kier molecular flexibility index (Phi) is 3.52. The smallest absolute Gasteiger partial charge is 0.0702 e. The molecule has 0 aliphatic rings. The van der Waals surface area contributed by atoms with Gasteiger partial charge >= 0.3 is 0 Å². The van der Waals surface area contributed by atoms with Crippen LogP contribution in [0.3, 0.4) is 0 Å². The number of aromatic nitrogens is 2. The summed E-state index contributed by atoms with van der Waals surface area (Å²) >= 11 is 0. The Labute approximate surface area is 116 Å². The zero-order valence-electron chi connectivity index (χ0n) is 11.0. The van der Waals surface area contributed by atoms with Gasteiger partial charge in [0.15, 0.2) is 0 Å². The zero-order valence-corrected chi connectivity index (χ0v) is 11.0. The predicted octanol–water partition coefficient (Wildman–Crippen LogP) is 3.83. The third-order valence-corrected chi connectivity index (χ3v) is 3.31. The van der Waals surface area contributed by atoms with Crippen LogP contribution >= 0.6 is 0 Å². The molecule has 3 nitrogen and oxygen atoms in total. The summed E-state index contributed by atoms with van der Waals surface area (Å²) in [7, 11) is 0. The molecular weight excluding hydrogens is 248 g/mol. The first-order valence-electron chi connectivity index (χ1n) is 6.56. The fourth-order valence-corrected chi connectivity index (χ4v) is 2.26. The number of H-pyrrole nitrogens is 2. The van der Waals surface area contributed by atoms with Crippen molar-refractivity contribution in [3.63, 3.8) is 0 Å². The molecule has 2 aromatic heterocycles. The highest BCUT2D eigenvalue weighted by Gasteiger charge is 1.98. The highest BCUT2D eigenvalue weighted by atomic mass is 16.3. The summed E-state index contributed by atoms with van der Waals surface area (Å²) in [5.41, 5.74) is 3.25. The van der Waals surface area contributed by atoms with Gasteiger partial charge in [-0.15, -0.1) is 0 Å². The second kappa shape index (κ2) is 5.63. The van der Waals surface area contributed by atoms with Gasteiger partial charge in [-0.2, -0.15) is 0 Å². The molecule has 0 saturated carbocycles. The number of para-hydroxylation sites is 2. The van der Waals surface area contributed by atoms with Gasteiger partial charge in [0.1, 0.15) is 0 Å². The number of fused-ring (bicyclic) bond motifs is 2. The number of aliphatic hydroxyl groups is 1. The average molecular weight is 264 g/mol. The van der Waals surface area contributed by atoms with Crippen LogP contribution in [0.5, 0.6) is 0 Å². The van der Waals surface area contributed by atoms with Gasteiger partial charge in [-0.3, -0.25) is 0 Å². The topological polar surface area (TPSA) is 51.8 Å². The number of benzene rings is 2. The van der Waals surface area contributed by atoms with Crippen LogP contribution in [0.2, 0.25) is 0 Å². The first-order valence-corrected chi connectivity index (χ1v) is 6.56. The number of aliphatic hydroxyl groups excluding tert-OH is 1. The maximum Gasteiger partial charge on any atom is 0.0702 e. The van der Waals surface area contributed by atoms with Gasteiger partial charge < -0.3 is 15.1 Å². The van der Waals surface area contributed by atoms with E-state index in [0.29, 0.717) is 0 Å². The second-order valence-corrected chi connectivity index (χ2v) is 4.58. The summed E-state index contributed by atoms with van der Waals surface area (Å²) in [6.45, 7) is 0.101. The fourth-order valence-electron chi connectivity index (χ4n) is 2.26. The zero-order chi connectivity index (χ0) is 13.8. The van der Waals surface area contributed by atoms with Gasteiger partial charge in [-0.25, -0.2) is 0 Å². The monoisotopic (exact) mass is 264 g/mol. The number of hydrogen-bond donors (Lipinski definition) is 3. The van der Waals surface area contributed by atoms with Gasteiger partial charge in [0, 0.05) is 34.4 Å². The third kappa shape index (κ3) is 2.44. The molecule has 100 valence electrons. The second-order valence-electron chi connectivity index (χ2n) is 4.58. The molecule has 0 fully saturated rings. The van der Waals surface area contributed by atoms with Crippen LogP contribution in [0.4, 0.5) is 0 Å². The Morgan fingerprint density at radius 1 is 0.800 bits per heavy atom.